The molecule has 4 nitrogen and oxygen atoms in total. The van der Waals surface area contributed by atoms with Gasteiger partial charge in [0.2, 0.25) is 0 Å². The topological polar surface area (TPSA) is 42.2 Å². The van der Waals surface area contributed by atoms with Gasteiger partial charge in [-0.05, 0) is 18.1 Å². The highest BCUT2D eigenvalue weighted by molar-refractivity contribution is 5.67. The van der Waals surface area contributed by atoms with Crippen LogP contribution in [-0.2, 0) is 0 Å². The zero-order chi connectivity index (χ0) is 10.1. The predicted molar refractivity (Wildman–Crippen MR) is 56.6 cm³/mol. The number of hydrogen-bond acceptors (Lipinski definition) is 3. The van der Waals surface area contributed by atoms with Crippen molar-refractivity contribution in [2.24, 2.45) is 0 Å². The highest BCUT2D eigenvalue weighted by atomic mass is 15.3. The standard InChI is InChI=1S/C10H14N4/c1-7(2)8-4-5-9-10(11-3)12-6-13-14(8)9/h4-7H,1-3H3,(H,11,12,13). The summed E-state index contributed by atoms with van der Waals surface area (Å²) in [6, 6.07) is 4.14. The second-order valence-electron chi connectivity index (χ2n) is 3.57. The van der Waals surface area contributed by atoms with Crippen molar-refractivity contribution in [2.75, 3.05) is 12.4 Å². The Kier molecular flexibility index (Phi) is 2.11. The molecule has 0 saturated heterocycles. The maximum atomic E-state index is 4.24. The number of aromatic nitrogens is 3. The van der Waals surface area contributed by atoms with E-state index in [0.717, 1.165) is 11.3 Å². The van der Waals surface area contributed by atoms with Crippen LogP contribution in [0, 0.1) is 0 Å². The van der Waals surface area contributed by atoms with Crippen LogP contribution in [-0.4, -0.2) is 21.6 Å². The van der Waals surface area contributed by atoms with Crippen LogP contribution in [0.1, 0.15) is 25.5 Å². The van der Waals surface area contributed by atoms with E-state index in [1.54, 1.807) is 6.33 Å². The molecule has 0 bridgehead atoms. The van der Waals surface area contributed by atoms with Crippen molar-refractivity contribution in [3.05, 3.63) is 24.2 Å². The van der Waals surface area contributed by atoms with Gasteiger partial charge in [-0.15, -0.1) is 0 Å². The van der Waals surface area contributed by atoms with Gasteiger partial charge >= 0.3 is 0 Å². The lowest BCUT2D eigenvalue weighted by Crippen LogP contribution is -2.03. The molecule has 0 aliphatic rings. The first-order valence-corrected chi connectivity index (χ1v) is 4.74. The van der Waals surface area contributed by atoms with Crippen LogP contribution in [0.5, 0.6) is 0 Å². The number of nitrogens with one attached hydrogen (secondary N) is 1. The lowest BCUT2D eigenvalue weighted by Gasteiger charge is -2.06. The van der Waals surface area contributed by atoms with E-state index in [1.165, 1.54) is 5.69 Å². The van der Waals surface area contributed by atoms with Gasteiger partial charge in [-0.2, -0.15) is 5.10 Å². The second-order valence-corrected chi connectivity index (χ2v) is 3.57. The van der Waals surface area contributed by atoms with E-state index < -0.39 is 0 Å². The first-order valence-electron chi connectivity index (χ1n) is 4.74. The molecule has 0 atom stereocenters. The molecule has 0 amide bonds. The maximum absolute atomic E-state index is 4.24. The minimum atomic E-state index is 0.470. The summed E-state index contributed by atoms with van der Waals surface area (Å²) >= 11 is 0. The molecule has 2 heterocycles. The van der Waals surface area contributed by atoms with Gasteiger partial charge in [0.05, 0.1) is 0 Å². The summed E-state index contributed by atoms with van der Waals surface area (Å²) in [7, 11) is 1.87. The van der Waals surface area contributed by atoms with Gasteiger partial charge in [-0.25, -0.2) is 9.50 Å². The summed E-state index contributed by atoms with van der Waals surface area (Å²) in [5.41, 5.74) is 2.23. The Bertz CT molecular complexity index is 444. The third kappa shape index (κ3) is 1.23. The van der Waals surface area contributed by atoms with Crippen molar-refractivity contribution in [3.63, 3.8) is 0 Å². The lowest BCUT2D eigenvalue weighted by molar-refractivity contribution is 0.751. The monoisotopic (exact) mass is 190 g/mol. The molecule has 0 radical (unpaired) electrons. The van der Waals surface area contributed by atoms with Gasteiger partial charge in [-0.3, -0.25) is 0 Å². The number of rotatable bonds is 2. The number of nitrogens with zero attached hydrogens (tertiary/aromatic N) is 3. The minimum Gasteiger partial charge on any atom is -0.371 e. The van der Waals surface area contributed by atoms with Crippen molar-refractivity contribution in [1.82, 2.24) is 14.6 Å². The molecule has 74 valence electrons. The van der Waals surface area contributed by atoms with Crippen molar-refractivity contribution >= 4 is 11.3 Å². The Hall–Kier alpha value is -1.58. The van der Waals surface area contributed by atoms with Gasteiger partial charge in [0.1, 0.15) is 11.8 Å². The van der Waals surface area contributed by atoms with E-state index in [4.69, 9.17) is 0 Å². The SMILES string of the molecule is CNc1ncnn2c(C(C)C)ccc12. The highest BCUT2D eigenvalue weighted by Gasteiger charge is 2.09. The third-order valence-electron chi connectivity index (χ3n) is 2.31. The molecule has 0 unspecified atom stereocenters. The summed E-state index contributed by atoms with van der Waals surface area (Å²) < 4.78 is 1.93. The predicted octanol–water partition coefficient (Wildman–Crippen LogP) is 1.89. The van der Waals surface area contributed by atoms with Crippen molar-refractivity contribution in [1.29, 1.82) is 0 Å². The molecule has 0 fully saturated rings. The zero-order valence-corrected chi connectivity index (χ0v) is 8.65. The Balaban J connectivity index is 2.69. The minimum absolute atomic E-state index is 0.470. The molecule has 14 heavy (non-hydrogen) atoms. The van der Waals surface area contributed by atoms with Gasteiger partial charge in [-0.1, -0.05) is 13.8 Å². The summed E-state index contributed by atoms with van der Waals surface area (Å²) in [5, 5.41) is 7.29. The van der Waals surface area contributed by atoms with Gasteiger partial charge in [0.25, 0.3) is 0 Å². The highest BCUT2D eigenvalue weighted by Crippen LogP contribution is 2.20. The molecule has 4 heteroatoms. The second kappa shape index (κ2) is 3.29. The van der Waals surface area contributed by atoms with Crippen LogP contribution in [0.2, 0.25) is 0 Å². The summed E-state index contributed by atoms with van der Waals surface area (Å²) in [4.78, 5) is 4.15. The Morgan fingerprint density at radius 2 is 2.14 bits per heavy atom. The van der Waals surface area contributed by atoms with Crippen molar-refractivity contribution in [3.8, 4) is 0 Å². The van der Waals surface area contributed by atoms with E-state index in [0.29, 0.717) is 5.92 Å². The maximum Gasteiger partial charge on any atom is 0.153 e. The molecular weight excluding hydrogens is 176 g/mol. The normalized spacial score (nSPS) is 11.1. The van der Waals surface area contributed by atoms with Crippen LogP contribution in [0.4, 0.5) is 5.82 Å². The third-order valence-corrected chi connectivity index (χ3v) is 2.31. The van der Waals surface area contributed by atoms with Crippen LogP contribution in [0.3, 0.4) is 0 Å². The van der Waals surface area contributed by atoms with Crippen LogP contribution >= 0.6 is 0 Å². The van der Waals surface area contributed by atoms with Gasteiger partial charge in [0.15, 0.2) is 5.82 Å². The van der Waals surface area contributed by atoms with E-state index in [2.05, 4.69) is 35.3 Å². The quantitative estimate of drug-likeness (QED) is 0.786. The van der Waals surface area contributed by atoms with Gasteiger partial charge < -0.3 is 5.32 Å². The first kappa shape index (κ1) is 8.99. The van der Waals surface area contributed by atoms with Gasteiger partial charge in [0, 0.05) is 12.7 Å². The van der Waals surface area contributed by atoms with Crippen molar-refractivity contribution in [2.45, 2.75) is 19.8 Å². The molecule has 2 aromatic rings. The molecule has 1 N–H and O–H groups in total. The number of fused-ring (bicyclic) bond motifs is 1. The van der Waals surface area contributed by atoms with E-state index in [-0.39, 0.29) is 0 Å². The fraction of sp³-hybridized carbons (Fsp3) is 0.400. The molecule has 0 aliphatic carbocycles. The van der Waals surface area contributed by atoms with Crippen LogP contribution in [0.15, 0.2) is 18.5 Å². The smallest absolute Gasteiger partial charge is 0.153 e. The summed E-state index contributed by atoms with van der Waals surface area (Å²) in [5.74, 6) is 1.34. The average molecular weight is 190 g/mol. The Morgan fingerprint density at radius 3 is 2.79 bits per heavy atom. The molecule has 0 spiro atoms. The first-order chi connectivity index (χ1) is 6.74. The molecule has 2 aromatic heterocycles. The lowest BCUT2D eigenvalue weighted by atomic mass is 10.1. The van der Waals surface area contributed by atoms with E-state index in [1.807, 2.05) is 17.6 Å². The Labute approximate surface area is 83.0 Å². The molecule has 0 saturated carbocycles. The number of anilines is 1. The zero-order valence-electron chi connectivity index (χ0n) is 8.65. The fourth-order valence-corrected chi connectivity index (χ4v) is 1.58. The molecule has 0 aromatic carbocycles. The van der Waals surface area contributed by atoms with E-state index in [9.17, 15) is 0 Å². The fourth-order valence-electron chi connectivity index (χ4n) is 1.58. The van der Waals surface area contributed by atoms with Crippen LogP contribution < -0.4 is 5.32 Å². The number of hydrogen-bond donors (Lipinski definition) is 1. The van der Waals surface area contributed by atoms with E-state index >= 15 is 0 Å². The largest absolute Gasteiger partial charge is 0.371 e. The molecular formula is C10H14N4. The average Bonchev–Trinajstić information content (AvgIpc) is 2.60. The Morgan fingerprint density at radius 1 is 1.36 bits per heavy atom. The molecule has 0 aliphatic heterocycles. The molecule has 2 rings (SSSR count). The summed E-state index contributed by atoms with van der Waals surface area (Å²) in [6.07, 6.45) is 1.57. The van der Waals surface area contributed by atoms with Crippen LogP contribution in [0.25, 0.3) is 5.52 Å². The van der Waals surface area contributed by atoms with Crippen molar-refractivity contribution < 1.29 is 0 Å². The summed E-state index contributed by atoms with van der Waals surface area (Å²) in [6.45, 7) is 4.31.